The van der Waals surface area contributed by atoms with E-state index in [1.54, 1.807) is 27.8 Å². The normalized spacial score (nSPS) is 10.8. The Balaban J connectivity index is 1.77. The van der Waals surface area contributed by atoms with Crippen molar-refractivity contribution in [1.29, 1.82) is 0 Å². The molecule has 0 saturated carbocycles. The maximum absolute atomic E-state index is 12.2. The number of amides is 1. The van der Waals surface area contributed by atoms with Crippen LogP contribution in [0.5, 0.6) is 0 Å². The van der Waals surface area contributed by atoms with Gasteiger partial charge in [0.15, 0.2) is 5.82 Å². The Bertz CT molecular complexity index is 772. The summed E-state index contributed by atoms with van der Waals surface area (Å²) >= 11 is 1.13. The molecule has 0 spiro atoms. The molecule has 0 radical (unpaired) electrons. The predicted molar refractivity (Wildman–Crippen MR) is 78.0 cm³/mol. The third-order valence-corrected chi connectivity index (χ3v) is 3.49. The van der Waals surface area contributed by atoms with Crippen molar-refractivity contribution in [3.05, 3.63) is 30.4 Å². The van der Waals surface area contributed by atoms with Gasteiger partial charge in [0.05, 0.1) is 11.8 Å². The summed E-state index contributed by atoms with van der Waals surface area (Å²) in [6.45, 7) is 2.56. The molecule has 0 bridgehead atoms. The minimum absolute atomic E-state index is 0.247. The van der Waals surface area contributed by atoms with E-state index in [4.69, 9.17) is 0 Å². The van der Waals surface area contributed by atoms with Crippen molar-refractivity contribution in [1.82, 2.24) is 28.9 Å². The van der Waals surface area contributed by atoms with Crippen LogP contribution in [0.3, 0.4) is 0 Å². The van der Waals surface area contributed by atoms with Crippen LogP contribution in [-0.4, -0.2) is 34.8 Å². The molecule has 9 heteroatoms. The quantitative estimate of drug-likeness (QED) is 0.787. The lowest BCUT2D eigenvalue weighted by atomic mass is 10.3. The van der Waals surface area contributed by atoms with Gasteiger partial charge in [-0.05, 0) is 13.0 Å². The highest BCUT2D eigenvalue weighted by molar-refractivity contribution is 7.10. The van der Waals surface area contributed by atoms with Crippen molar-refractivity contribution in [3.8, 4) is 11.4 Å². The highest BCUT2D eigenvalue weighted by Crippen LogP contribution is 2.20. The molecule has 0 aromatic carbocycles. The van der Waals surface area contributed by atoms with Crippen molar-refractivity contribution in [2.75, 3.05) is 5.32 Å². The van der Waals surface area contributed by atoms with Gasteiger partial charge in [0.25, 0.3) is 5.91 Å². The number of aromatic nitrogens is 6. The first-order valence-corrected chi connectivity index (χ1v) is 7.10. The first kappa shape index (κ1) is 13.4. The van der Waals surface area contributed by atoms with Crippen LogP contribution in [0, 0.1) is 0 Å². The highest BCUT2D eigenvalue weighted by Gasteiger charge is 2.14. The van der Waals surface area contributed by atoms with Gasteiger partial charge < -0.3 is 0 Å². The summed E-state index contributed by atoms with van der Waals surface area (Å²) in [7, 11) is 1.82. The molecule has 21 heavy (non-hydrogen) atoms. The standard InChI is InChI=1S/C12H13N7OS/c1-3-19-9(4-5-13-19)11(20)16-12-15-10(17-21-12)8-6-14-18(2)7-8/h4-7H,3H2,1-2H3,(H,15,16,17,20). The third-order valence-electron chi connectivity index (χ3n) is 2.86. The Hall–Kier alpha value is -2.55. The Labute approximate surface area is 124 Å². The van der Waals surface area contributed by atoms with E-state index in [9.17, 15) is 4.79 Å². The summed E-state index contributed by atoms with van der Waals surface area (Å²) in [4.78, 5) is 16.4. The van der Waals surface area contributed by atoms with E-state index in [2.05, 4.69) is 24.9 Å². The van der Waals surface area contributed by atoms with Crippen molar-refractivity contribution in [2.45, 2.75) is 13.5 Å². The molecule has 0 saturated heterocycles. The van der Waals surface area contributed by atoms with Gasteiger partial charge >= 0.3 is 0 Å². The van der Waals surface area contributed by atoms with Crippen LogP contribution in [0.4, 0.5) is 5.13 Å². The van der Waals surface area contributed by atoms with E-state index in [-0.39, 0.29) is 5.91 Å². The maximum atomic E-state index is 12.2. The van der Waals surface area contributed by atoms with Crippen LogP contribution in [0.1, 0.15) is 17.4 Å². The third kappa shape index (κ3) is 2.68. The summed E-state index contributed by atoms with van der Waals surface area (Å²) in [6.07, 6.45) is 5.10. The van der Waals surface area contributed by atoms with E-state index < -0.39 is 0 Å². The van der Waals surface area contributed by atoms with Gasteiger partial charge in [-0.3, -0.25) is 19.5 Å². The molecule has 0 aliphatic heterocycles. The molecule has 3 heterocycles. The van der Waals surface area contributed by atoms with Gasteiger partial charge in [-0.15, -0.1) is 0 Å². The molecule has 0 aliphatic carbocycles. The van der Waals surface area contributed by atoms with Crippen LogP contribution < -0.4 is 5.32 Å². The lowest BCUT2D eigenvalue weighted by Crippen LogP contribution is -2.17. The topological polar surface area (TPSA) is 90.5 Å². The van der Waals surface area contributed by atoms with E-state index in [0.29, 0.717) is 23.2 Å². The SMILES string of the molecule is CCn1nccc1C(=O)Nc1nc(-c2cnn(C)c2)ns1. The Morgan fingerprint density at radius 1 is 1.43 bits per heavy atom. The van der Waals surface area contributed by atoms with Crippen LogP contribution in [0.15, 0.2) is 24.7 Å². The zero-order chi connectivity index (χ0) is 14.8. The lowest BCUT2D eigenvalue weighted by molar-refractivity contribution is 0.101. The number of aryl methyl sites for hydroxylation is 2. The predicted octanol–water partition coefficient (Wildman–Crippen LogP) is 1.41. The number of carbonyl (C=O) groups excluding carboxylic acids is 1. The molecule has 1 amide bonds. The zero-order valence-electron chi connectivity index (χ0n) is 11.5. The molecule has 0 atom stereocenters. The van der Waals surface area contributed by atoms with Crippen molar-refractivity contribution in [3.63, 3.8) is 0 Å². The highest BCUT2D eigenvalue weighted by atomic mass is 32.1. The zero-order valence-corrected chi connectivity index (χ0v) is 12.3. The fraction of sp³-hybridized carbons (Fsp3) is 0.250. The Morgan fingerprint density at radius 2 is 2.29 bits per heavy atom. The van der Waals surface area contributed by atoms with Gasteiger partial charge in [-0.1, -0.05) is 0 Å². The van der Waals surface area contributed by atoms with E-state index in [0.717, 1.165) is 17.1 Å². The molecule has 3 aromatic rings. The number of rotatable bonds is 4. The lowest BCUT2D eigenvalue weighted by Gasteiger charge is -2.03. The van der Waals surface area contributed by atoms with E-state index in [1.165, 1.54) is 0 Å². The molecule has 8 nitrogen and oxygen atoms in total. The Morgan fingerprint density at radius 3 is 3.00 bits per heavy atom. The first-order chi connectivity index (χ1) is 10.2. The monoisotopic (exact) mass is 303 g/mol. The van der Waals surface area contributed by atoms with Gasteiger partial charge in [0.1, 0.15) is 5.69 Å². The number of nitrogens with zero attached hydrogens (tertiary/aromatic N) is 6. The summed E-state index contributed by atoms with van der Waals surface area (Å²) in [6, 6.07) is 1.67. The maximum Gasteiger partial charge on any atom is 0.275 e. The second-order valence-corrected chi connectivity index (χ2v) is 5.06. The minimum atomic E-state index is -0.247. The smallest absolute Gasteiger partial charge is 0.275 e. The second kappa shape index (κ2) is 5.44. The Kier molecular flexibility index (Phi) is 3.48. The van der Waals surface area contributed by atoms with Crippen molar-refractivity contribution < 1.29 is 4.79 Å². The van der Waals surface area contributed by atoms with Crippen molar-refractivity contribution in [2.24, 2.45) is 7.05 Å². The van der Waals surface area contributed by atoms with Crippen LogP contribution in [0.25, 0.3) is 11.4 Å². The number of hydrogen-bond donors (Lipinski definition) is 1. The number of carbonyl (C=O) groups is 1. The average molecular weight is 303 g/mol. The molecule has 108 valence electrons. The molecule has 0 aliphatic rings. The number of nitrogens with one attached hydrogen (secondary N) is 1. The fourth-order valence-electron chi connectivity index (χ4n) is 1.87. The summed E-state index contributed by atoms with van der Waals surface area (Å²) in [5, 5.41) is 11.3. The van der Waals surface area contributed by atoms with Gasteiger partial charge in [0.2, 0.25) is 5.13 Å². The number of hydrogen-bond acceptors (Lipinski definition) is 6. The van der Waals surface area contributed by atoms with Crippen LogP contribution in [-0.2, 0) is 13.6 Å². The molecule has 0 fully saturated rings. The summed E-state index contributed by atoms with van der Waals surface area (Å²) < 4.78 is 7.52. The number of anilines is 1. The largest absolute Gasteiger partial charge is 0.295 e. The molecule has 3 aromatic heterocycles. The molecular weight excluding hydrogens is 290 g/mol. The molecule has 1 N–H and O–H groups in total. The van der Waals surface area contributed by atoms with Crippen molar-refractivity contribution >= 4 is 22.6 Å². The molecular formula is C12H13N7OS. The van der Waals surface area contributed by atoms with Gasteiger partial charge in [-0.2, -0.15) is 19.6 Å². The average Bonchev–Trinajstić information content (AvgIpc) is 3.17. The van der Waals surface area contributed by atoms with Crippen LogP contribution >= 0.6 is 11.5 Å². The summed E-state index contributed by atoms with van der Waals surface area (Å²) in [5.74, 6) is 0.302. The van der Waals surface area contributed by atoms with Gasteiger partial charge in [0, 0.05) is 37.5 Å². The second-order valence-electron chi connectivity index (χ2n) is 4.31. The molecule has 3 rings (SSSR count). The minimum Gasteiger partial charge on any atom is -0.295 e. The van der Waals surface area contributed by atoms with Gasteiger partial charge in [-0.25, -0.2) is 0 Å². The van der Waals surface area contributed by atoms with Crippen LogP contribution in [0.2, 0.25) is 0 Å². The van der Waals surface area contributed by atoms with E-state index in [1.807, 2.05) is 20.2 Å². The first-order valence-electron chi connectivity index (χ1n) is 6.33. The van der Waals surface area contributed by atoms with E-state index >= 15 is 0 Å². The fourth-order valence-corrected chi connectivity index (χ4v) is 2.45. The molecule has 0 unspecified atom stereocenters. The summed E-state index contributed by atoms with van der Waals surface area (Å²) in [5.41, 5.74) is 1.31.